The van der Waals surface area contributed by atoms with Crippen LogP contribution in [0.4, 0.5) is 0 Å². The van der Waals surface area contributed by atoms with E-state index in [4.69, 9.17) is 8.92 Å². The first-order chi connectivity index (χ1) is 13.9. The summed E-state index contributed by atoms with van der Waals surface area (Å²) in [6, 6.07) is 14.0. The van der Waals surface area contributed by atoms with Gasteiger partial charge in [0.1, 0.15) is 5.75 Å². The molecular weight excluding hydrogens is 388 g/mol. The molecule has 0 unspecified atom stereocenters. The normalized spacial score (nSPS) is 14.8. The Morgan fingerprint density at radius 3 is 2.48 bits per heavy atom. The molecule has 1 aliphatic carbocycles. The monoisotopic (exact) mass is 416 g/mol. The lowest BCUT2D eigenvalue weighted by atomic mass is 10.0. The smallest absolute Gasteiger partial charge is 0.311 e. The third kappa shape index (κ3) is 6.68. The van der Waals surface area contributed by atoms with E-state index in [1.165, 1.54) is 18.9 Å². The van der Waals surface area contributed by atoms with Gasteiger partial charge in [-0.15, -0.1) is 0 Å². The van der Waals surface area contributed by atoms with Gasteiger partial charge in [0.25, 0.3) is 10.1 Å². The predicted octanol–water partition coefficient (Wildman–Crippen LogP) is 4.82. The van der Waals surface area contributed by atoms with Crippen LogP contribution in [0.2, 0.25) is 0 Å². The molecule has 29 heavy (non-hydrogen) atoms. The average Bonchev–Trinajstić information content (AvgIpc) is 3.19. The third-order valence-electron chi connectivity index (χ3n) is 5.21. The SMILES string of the molecule is Cc1cccc(S(=O)(=O)OCCCc2ccc(OC(=O)CC3CCCC3)cc2)c1. The number of esters is 1. The highest BCUT2D eigenvalue weighted by atomic mass is 32.2. The van der Waals surface area contributed by atoms with E-state index in [0.717, 1.165) is 24.0 Å². The minimum Gasteiger partial charge on any atom is -0.427 e. The molecule has 0 saturated heterocycles. The lowest BCUT2D eigenvalue weighted by Gasteiger charge is -2.09. The molecule has 0 heterocycles. The van der Waals surface area contributed by atoms with Gasteiger partial charge in [-0.05, 0) is 73.9 Å². The van der Waals surface area contributed by atoms with E-state index in [1.54, 1.807) is 24.3 Å². The minimum atomic E-state index is -3.73. The first-order valence-electron chi connectivity index (χ1n) is 10.2. The van der Waals surface area contributed by atoms with Crippen LogP contribution in [0.5, 0.6) is 5.75 Å². The van der Waals surface area contributed by atoms with Crippen molar-refractivity contribution in [3.63, 3.8) is 0 Å². The molecule has 1 aliphatic rings. The Bertz CT molecular complexity index is 913. The Morgan fingerprint density at radius 1 is 1.07 bits per heavy atom. The third-order valence-corrected chi connectivity index (χ3v) is 6.52. The molecule has 0 radical (unpaired) electrons. The number of hydrogen-bond acceptors (Lipinski definition) is 5. The van der Waals surface area contributed by atoms with Gasteiger partial charge in [0.2, 0.25) is 0 Å². The van der Waals surface area contributed by atoms with Crippen molar-refractivity contribution in [2.24, 2.45) is 5.92 Å². The maximum Gasteiger partial charge on any atom is 0.311 e. The van der Waals surface area contributed by atoms with E-state index in [9.17, 15) is 13.2 Å². The second kappa shape index (κ2) is 10.0. The van der Waals surface area contributed by atoms with Crippen LogP contribution in [-0.2, 0) is 25.5 Å². The van der Waals surface area contributed by atoms with Crippen molar-refractivity contribution in [2.75, 3.05) is 6.61 Å². The van der Waals surface area contributed by atoms with E-state index in [2.05, 4.69) is 0 Å². The van der Waals surface area contributed by atoms with Crippen LogP contribution in [0, 0.1) is 12.8 Å². The Morgan fingerprint density at radius 2 is 1.79 bits per heavy atom. The summed E-state index contributed by atoms with van der Waals surface area (Å²) in [5.74, 6) is 0.854. The molecular formula is C23H28O5S. The molecule has 0 aromatic heterocycles. The highest BCUT2D eigenvalue weighted by Crippen LogP contribution is 2.28. The van der Waals surface area contributed by atoms with Gasteiger partial charge >= 0.3 is 5.97 Å². The van der Waals surface area contributed by atoms with Gasteiger partial charge in [-0.3, -0.25) is 8.98 Å². The average molecular weight is 417 g/mol. The molecule has 5 nitrogen and oxygen atoms in total. The van der Waals surface area contributed by atoms with E-state index in [0.29, 0.717) is 30.9 Å². The zero-order chi connectivity index (χ0) is 20.7. The van der Waals surface area contributed by atoms with Gasteiger partial charge in [0, 0.05) is 6.42 Å². The topological polar surface area (TPSA) is 69.7 Å². The van der Waals surface area contributed by atoms with Crippen LogP contribution < -0.4 is 4.74 Å². The second-order valence-corrected chi connectivity index (χ2v) is 9.28. The van der Waals surface area contributed by atoms with Crippen molar-refractivity contribution in [1.29, 1.82) is 0 Å². The fraction of sp³-hybridized carbons (Fsp3) is 0.435. The summed E-state index contributed by atoms with van der Waals surface area (Å²) < 4.78 is 34.9. The fourth-order valence-electron chi connectivity index (χ4n) is 3.63. The molecule has 0 aliphatic heterocycles. The van der Waals surface area contributed by atoms with Crippen molar-refractivity contribution in [3.8, 4) is 5.75 Å². The van der Waals surface area contributed by atoms with Crippen molar-refractivity contribution in [2.45, 2.75) is 56.8 Å². The largest absolute Gasteiger partial charge is 0.427 e. The fourth-order valence-corrected chi connectivity index (χ4v) is 4.68. The first-order valence-corrected chi connectivity index (χ1v) is 11.6. The zero-order valence-corrected chi connectivity index (χ0v) is 17.6. The van der Waals surface area contributed by atoms with Gasteiger partial charge in [-0.2, -0.15) is 8.42 Å². The molecule has 2 aromatic carbocycles. The minimum absolute atomic E-state index is 0.119. The number of carbonyl (C=O) groups is 1. The highest BCUT2D eigenvalue weighted by molar-refractivity contribution is 7.86. The molecule has 0 spiro atoms. The molecule has 1 fully saturated rings. The summed E-state index contributed by atoms with van der Waals surface area (Å²) in [6.45, 7) is 1.96. The molecule has 0 amide bonds. The summed E-state index contributed by atoms with van der Waals surface area (Å²) >= 11 is 0. The number of aryl methyl sites for hydroxylation is 2. The van der Waals surface area contributed by atoms with E-state index in [1.807, 2.05) is 25.1 Å². The maximum absolute atomic E-state index is 12.2. The van der Waals surface area contributed by atoms with Crippen molar-refractivity contribution < 1.29 is 22.1 Å². The lowest BCUT2D eigenvalue weighted by Crippen LogP contribution is -2.12. The highest BCUT2D eigenvalue weighted by Gasteiger charge is 2.19. The van der Waals surface area contributed by atoms with Crippen LogP contribution in [0.15, 0.2) is 53.4 Å². The van der Waals surface area contributed by atoms with Crippen molar-refractivity contribution in [3.05, 3.63) is 59.7 Å². The number of benzene rings is 2. The van der Waals surface area contributed by atoms with Gasteiger partial charge in [-0.1, -0.05) is 37.1 Å². The summed E-state index contributed by atoms with van der Waals surface area (Å²) in [5, 5.41) is 0. The van der Waals surface area contributed by atoms with Gasteiger partial charge in [0.15, 0.2) is 0 Å². The van der Waals surface area contributed by atoms with Crippen LogP contribution in [0.1, 0.15) is 49.7 Å². The Hall–Kier alpha value is -2.18. The number of ether oxygens (including phenoxy) is 1. The maximum atomic E-state index is 12.2. The molecule has 6 heteroatoms. The molecule has 0 atom stereocenters. The summed E-state index contributed by atoms with van der Waals surface area (Å²) in [7, 11) is -3.73. The zero-order valence-electron chi connectivity index (χ0n) is 16.8. The van der Waals surface area contributed by atoms with Crippen LogP contribution in [0.25, 0.3) is 0 Å². The van der Waals surface area contributed by atoms with Crippen LogP contribution in [0.3, 0.4) is 0 Å². The molecule has 0 bridgehead atoms. The van der Waals surface area contributed by atoms with Gasteiger partial charge < -0.3 is 4.74 Å². The quantitative estimate of drug-likeness (QED) is 0.254. The lowest BCUT2D eigenvalue weighted by molar-refractivity contribution is -0.135. The first kappa shape index (κ1) is 21.5. The molecule has 2 aromatic rings. The van der Waals surface area contributed by atoms with Crippen molar-refractivity contribution >= 4 is 16.1 Å². The summed E-state index contributed by atoms with van der Waals surface area (Å²) in [6.07, 6.45) is 6.41. The summed E-state index contributed by atoms with van der Waals surface area (Å²) in [5.41, 5.74) is 1.91. The Kier molecular flexibility index (Phi) is 7.45. The van der Waals surface area contributed by atoms with E-state index < -0.39 is 10.1 Å². The van der Waals surface area contributed by atoms with Gasteiger partial charge in [-0.25, -0.2) is 0 Å². The number of rotatable bonds is 9. The van der Waals surface area contributed by atoms with Crippen LogP contribution >= 0.6 is 0 Å². The molecule has 0 N–H and O–H groups in total. The molecule has 156 valence electrons. The molecule has 1 saturated carbocycles. The standard InChI is InChI=1S/C23H28O5S/c1-18-6-4-10-22(16-18)29(25,26)27-15-5-9-19-11-13-21(14-12-19)28-23(24)17-20-7-2-3-8-20/h4,6,10-14,16,20H,2-3,5,7-9,15,17H2,1H3. The number of carbonyl (C=O) groups excluding carboxylic acids is 1. The Labute approximate surface area is 173 Å². The van der Waals surface area contributed by atoms with Gasteiger partial charge in [0.05, 0.1) is 11.5 Å². The second-order valence-electron chi connectivity index (χ2n) is 7.67. The van der Waals surface area contributed by atoms with E-state index in [-0.39, 0.29) is 17.5 Å². The Balaban J connectivity index is 1.41. The number of hydrogen-bond donors (Lipinski definition) is 0. The van der Waals surface area contributed by atoms with E-state index >= 15 is 0 Å². The summed E-state index contributed by atoms with van der Waals surface area (Å²) in [4.78, 5) is 12.2. The predicted molar refractivity (Wildman–Crippen MR) is 111 cm³/mol. The van der Waals surface area contributed by atoms with Crippen molar-refractivity contribution in [1.82, 2.24) is 0 Å². The molecule has 3 rings (SSSR count). The van der Waals surface area contributed by atoms with Crippen LogP contribution in [-0.4, -0.2) is 21.0 Å².